The molecule has 0 radical (unpaired) electrons. The first kappa shape index (κ1) is 22.0. The van der Waals surface area contributed by atoms with E-state index in [9.17, 15) is 4.79 Å². The van der Waals surface area contributed by atoms with E-state index in [1.807, 2.05) is 48.1 Å². The van der Waals surface area contributed by atoms with Crippen molar-refractivity contribution in [2.24, 2.45) is 0 Å². The van der Waals surface area contributed by atoms with Crippen molar-refractivity contribution in [1.29, 1.82) is 0 Å². The number of amides is 1. The SMILES string of the molecule is Cc1[nH]c2ccccc2c1C(=O)NCCn1ncc2c(N3CCN(c4ncccn4)CC3)ncnc21. The second-order valence-electron chi connectivity index (χ2n) is 8.75. The molecule has 36 heavy (non-hydrogen) atoms. The predicted octanol–water partition coefficient (Wildman–Crippen LogP) is 2.16. The van der Waals surface area contributed by atoms with Gasteiger partial charge in [-0.05, 0) is 19.1 Å². The van der Waals surface area contributed by atoms with Gasteiger partial charge in [-0.15, -0.1) is 0 Å². The molecule has 5 heterocycles. The van der Waals surface area contributed by atoms with E-state index in [1.54, 1.807) is 18.7 Å². The highest BCUT2D eigenvalue weighted by atomic mass is 16.1. The molecule has 182 valence electrons. The Hall–Kier alpha value is -4.54. The van der Waals surface area contributed by atoms with Crippen LogP contribution in [0, 0.1) is 6.92 Å². The molecule has 4 aromatic heterocycles. The number of hydrogen-bond acceptors (Lipinski definition) is 8. The number of para-hydroxylation sites is 1. The van der Waals surface area contributed by atoms with Crippen molar-refractivity contribution in [3.8, 4) is 0 Å². The molecule has 6 rings (SSSR count). The molecule has 0 unspecified atom stereocenters. The van der Waals surface area contributed by atoms with E-state index >= 15 is 0 Å². The zero-order valence-corrected chi connectivity index (χ0v) is 19.9. The number of aromatic nitrogens is 7. The molecule has 1 fully saturated rings. The fourth-order valence-electron chi connectivity index (χ4n) is 4.80. The Morgan fingerprint density at radius 1 is 0.972 bits per heavy atom. The molecule has 1 saturated heterocycles. The summed E-state index contributed by atoms with van der Waals surface area (Å²) in [6.45, 7) is 6.08. The number of aryl methyl sites for hydroxylation is 1. The molecule has 0 atom stereocenters. The Bertz CT molecular complexity index is 1520. The summed E-state index contributed by atoms with van der Waals surface area (Å²) in [4.78, 5) is 38.4. The van der Waals surface area contributed by atoms with Gasteiger partial charge in [0.05, 0.1) is 23.7 Å². The third kappa shape index (κ3) is 3.98. The quantitative estimate of drug-likeness (QED) is 0.378. The van der Waals surface area contributed by atoms with Gasteiger partial charge in [0.2, 0.25) is 5.95 Å². The monoisotopic (exact) mass is 482 g/mol. The van der Waals surface area contributed by atoms with Crippen LogP contribution in [0.3, 0.4) is 0 Å². The van der Waals surface area contributed by atoms with Gasteiger partial charge in [0.25, 0.3) is 5.91 Å². The van der Waals surface area contributed by atoms with E-state index in [0.29, 0.717) is 18.7 Å². The van der Waals surface area contributed by atoms with Crippen LogP contribution in [0.4, 0.5) is 11.8 Å². The van der Waals surface area contributed by atoms with E-state index in [1.165, 1.54) is 0 Å². The Morgan fingerprint density at radius 3 is 2.58 bits per heavy atom. The fourth-order valence-corrected chi connectivity index (χ4v) is 4.80. The van der Waals surface area contributed by atoms with Crippen molar-refractivity contribution in [1.82, 2.24) is 40.0 Å². The summed E-state index contributed by atoms with van der Waals surface area (Å²) in [5.74, 6) is 1.53. The number of aromatic amines is 1. The number of benzene rings is 1. The number of piperazine rings is 1. The summed E-state index contributed by atoms with van der Waals surface area (Å²) in [6.07, 6.45) is 6.92. The molecule has 11 nitrogen and oxygen atoms in total. The summed E-state index contributed by atoms with van der Waals surface area (Å²) in [5, 5.41) is 9.40. The van der Waals surface area contributed by atoms with Crippen molar-refractivity contribution in [3.05, 3.63) is 66.5 Å². The lowest BCUT2D eigenvalue weighted by atomic mass is 10.1. The molecular formula is C25H26N10O. The van der Waals surface area contributed by atoms with Crippen LogP contribution in [0.1, 0.15) is 16.1 Å². The van der Waals surface area contributed by atoms with Crippen molar-refractivity contribution in [3.63, 3.8) is 0 Å². The maximum absolute atomic E-state index is 12.9. The first-order valence-electron chi connectivity index (χ1n) is 12.0. The molecule has 1 aromatic carbocycles. The van der Waals surface area contributed by atoms with Gasteiger partial charge >= 0.3 is 0 Å². The third-order valence-electron chi connectivity index (χ3n) is 6.56. The maximum Gasteiger partial charge on any atom is 0.253 e. The Balaban J connectivity index is 1.13. The topological polar surface area (TPSA) is 121 Å². The van der Waals surface area contributed by atoms with Gasteiger partial charge < -0.3 is 20.1 Å². The molecule has 0 aliphatic carbocycles. The average Bonchev–Trinajstić information content (AvgIpc) is 3.49. The van der Waals surface area contributed by atoms with Gasteiger partial charge in [-0.25, -0.2) is 24.6 Å². The van der Waals surface area contributed by atoms with Crippen molar-refractivity contribution < 1.29 is 4.79 Å². The lowest BCUT2D eigenvalue weighted by Crippen LogP contribution is -2.47. The van der Waals surface area contributed by atoms with E-state index < -0.39 is 0 Å². The summed E-state index contributed by atoms with van der Waals surface area (Å²) in [7, 11) is 0. The van der Waals surface area contributed by atoms with Crippen LogP contribution >= 0.6 is 0 Å². The summed E-state index contributed by atoms with van der Waals surface area (Å²) in [5.41, 5.74) is 3.25. The Kier molecular flexibility index (Phi) is 5.64. The van der Waals surface area contributed by atoms with Gasteiger partial charge in [0, 0.05) is 61.7 Å². The summed E-state index contributed by atoms with van der Waals surface area (Å²) in [6, 6.07) is 9.65. The molecule has 1 aliphatic rings. The first-order valence-corrected chi connectivity index (χ1v) is 12.0. The van der Waals surface area contributed by atoms with Crippen LogP contribution in [-0.4, -0.2) is 73.3 Å². The Labute approximate surface area is 207 Å². The van der Waals surface area contributed by atoms with Crippen LogP contribution < -0.4 is 15.1 Å². The van der Waals surface area contributed by atoms with Gasteiger partial charge in [-0.3, -0.25) is 4.79 Å². The number of carbonyl (C=O) groups is 1. The van der Waals surface area contributed by atoms with E-state index in [2.05, 4.69) is 45.1 Å². The number of carbonyl (C=O) groups excluding carboxylic acids is 1. The zero-order chi connectivity index (χ0) is 24.5. The molecular weight excluding hydrogens is 456 g/mol. The number of rotatable bonds is 6. The zero-order valence-electron chi connectivity index (χ0n) is 19.9. The molecule has 0 saturated carbocycles. The highest BCUT2D eigenvalue weighted by Gasteiger charge is 2.22. The molecule has 11 heteroatoms. The number of anilines is 2. The minimum Gasteiger partial charge on any atom is -0.358 e. The molecule has 2 N–H and O–H groups in total. The van der Waals surface area contributed by atoms with Gasteiger partial charge in [-0.1, -0.05) is 18.2 Å². The van der Waals surface area contributed by atoms with E-state index in [0.717, 1.165) is 65.6 Å². The van der Waals surface area contributed by atoms with Crippen LogP contribution in [0.5, 0.6) is 0 Å². The minimum absolute atomic E-state index is 0.100. The van der Waals surface area contributed by atoms with Gasteiger partial charge in [0.1, 0.15) is 12.1 Å². The van der Waals surface area contributed by atoms with Gasteiger partial charge in [0.15, 0.2) is 5.65 Å². The normalized spacial score (nSPS) is 14.0. The predicted molar refractivity (Wildman–Crippen MR) is 137 cm³/mol. The highest BCUT2D eigenvalue weighted by molar-refractivity contribution is 6.08. The van der Waals surface area contributed by atoms with Crippen molar-refractivity contribution in [2.45, 2.75) is 13.5 Å². The highest BCUT2D eigenvalue weighted by Crippen LogP contribution is 2.25. The summed E-state index contributed by atoms with van der Waals surface area (Å²) >= 11 is 0. The second-order valence-corrected chi connectivity index (χ2v) is 8.75. The second kappa shape index (κ2) is 9.25. The fraction of sp³-hybridized carbons (Fsp3) is 0.280. The minimum atomic E-state index is -0.100. The lowest BCUT2D eigenvalue weighted by molar-refractivity contribution is 0.0953. The lowest BCUT2D eigenvalue weighted by Gasteiger charge is -2.35. The third-order valence-corrected chi connectivity index (χ3v) is 6.56. The van der Waals surface area contributed by atoms with Crippen LogP contribution in [0.25, 0.3) is 21.9 Å². The Morgan fingerprint density at radius 2 is 1.75 bits per heavy atom. The van der Waals surface area contributed by atoms with E-state index in [4.69, 9.17) is 0 Å². The van der Waals surface area contributed by atoms with Crippen molar-refractivity contribution >= 4 is 39.6 Å². The van der Waals surface area contributed by atoms with Crippen LogP contribution in [0.2, 0.25) is 0 Å². The number of nitrogens with one attached hydrogen (secondary N) is 2. The number of nitrogens with zero attached hydrogens (tertiary/aromatic N) is 8. The standard InChI is InChI=1S/C25H26N10O/c1-17-21(18-5-2-3-6-20(18)32-17)24(36)26-9-10-35-23-19(15-31-35)22(29-16-30-23)33-11-13-34(14-12-33)25-27-7-4-8-28-25/h2-8,15-16,32H,9-14H2,1H3,(H,26,36). The molecule has 1 aliphatic heterocycles. The smallest absolute Gasteiger partial charge is 0.253 e. The van der Waals surface area contributed by atoms with Gasteiger partial charge in [-0.2, -0.15) is 5.10 Å². The maximum atomic E-state index is 12.9. The number of H-pyrrole nitrogens is 1. The largest absolute Gasteiger partial charge is 0.358 e. The van der Waals surface area contributed by atoms with Crippen LogP contribution in [0.15, 0.2) is 55.2 Å². The molecule has 0 bridgehead atoms. The number of fused-ring (bicyclic) bond motifs is 2. The van der Waals surface area contributed by atoms with Crippen molar-refractivity contribution in [2.75, 3.05) is 42.5 Å². The summed E-state index contributed by atoms with van der Waals surface area (Å²) < 4.78 is 1.82. The molecule has 0 spiro atoms. The first-order chi connectivity index (χ1) is 17.7. The molecule has 5 aromatic rings. The van der Waals surface area contributed by atoms with Crippen LogP contribution in [-0.2, 0) is 6.54 Å². The number of hydrogen-bond donors (Lipinski definition) is 2. The molecule has 1 amide bonds. The van der Waals surface area contributed by atoms with E-state index in [-0.39, 0.29) is 5.91 Å². The average molecular weight is 483 g/mol.